The topological polar surface area (TPSA) is 89.4 Å². The van der Waals surface area contributed by atoms with Gasteiger partial charge in [0.2, 0.25) is 0 Å². The second-order valence-corrected chi connectivity index (χ2v) is 4.64. The van der Waals surface area contributed by atoms with E-state index < -0.39 is 10.1 Å². The second-order valence-electron chi connectivity index (χ2n) is 3.22. The first-order chi connectivity index (χ1) is 6.54. The fourth-order valence-corrected chi connectivity index (χ4v) is 1.69. The lowest BCUT2D eigenvalue weighted by Gasteiger charge is -2.00. The molecule has 0 atom stereocenters. The van der Waals surface area contributed by atoms with Crippen molar-refractivity contribution in [3.63, 3.8) is 0 Å². The summed E-state index contributed by atoms with van der Waals surface area (Å²) in [4.78, 5) is -0.0438. The van der Waals surface area contributed by atoms with Gasteiger partial charge in [-0.3, -0.25) is 4.55 Å². The fraction of sp³-hybridized carbons (Fsp3) is 0.400. The van der Waals surface area contributed by atoms with Gasteiger partial charge in [0.25, 0.3) is 10.1 Å². The molecule has 0 aliphatic heterocycles. The Balaban J connectivity index is 0.00000196. The van der Waals surface area contributed by atoms with Crippen LogP contribution in [-0.4, -0.2) is 13.0 Å². The predicted octanol–water partition coefficient (Wildman–Crippen LogP) is 2.44. The van der Waals surface area contributed by atoms with E-state index in [1.807, 2.05) is 0 Å². The van der Waals surface area contributed by atoms with Crippen LogP contribution in [0.15, 0.2) is 29.2 Å². The zero-order valence-electron chi connectivity index (χ0n) is 8.81. The van der Waals surface area contributed by atoms with E-state index in [1.54, 1.807) is 12.1 Å². The molecule has 0 spiro atoms. The summed E-state index contributed by atoms with van der Waals surface area (Å²) in [7, 11) is -4.04. The Bertz CT molecular complexity index is 384. The molecule has 1 aromatic carbocycles. The molecule has 0 aliphatic rings. The van der Waals surface area contributed by atoms with Crippen LogP contribution in [0.1, 0.15) is 25.3 Å². The van der Waals surface area contributed by atoms with E-state index in [2.05, 4.69) is 6.92 Å². The molecule has 0 amide bonds. The van der Waals surface area contributed by atoms with Gasteiger partial charge in [-0.25, -0.2) is 0 Å². The van der Waals surface area contributed by atoms with Crippen molar-refractivity contribution < 1.29 is 13.0 Å². The first-order valence-electron chi connectivity index (χ1n) is 4.60. The molecule has 0 heterocycles. The van der Waals surface area contributed by atoms with E-state index in [-0.39, 0.29) is 11.0 Å². The summed E-state index contributed by atoms with van der Waals surface area (Å²) in [5, 5.41) is 0. The van der Waals surface area contributed by atoms with Gasteiger partial charge in [0.1, 0.15) is 0 Å². The summed E-state index contributed by atoms with van der Waals surface area (Å²) in [5.74, 6) is 0. The highest BCUT2D eigenvalue weighted by molar-refractivity contribution is 7.85. The van der Waals surface area contributed by atoms with E-state index in [0.717, 1.165) is 24.8 Å². The van der Waals surface area contributed by atoms with Crippen LogP contribution in [0.2, 0.25) is 0 Å². The number of hydrogen-bond acceptors (Lipinski definition) is 3. The molecule has 4 N–H and O–H groups in total. The third kappa shape index (κ3) is 4.42. The molecule has 0 radical (unpaired) electrons. The van der Waals surface area contributed by atoms with Gasteiger partial charge in [-0.2, -0.15) is 8.42 Å². The molecule has 0 bridgehead atoms. The van der Waals surface area contributed by atoms with E-state index in [0.29, 0.717) is 0 Å². The molecule has 86 valence electrons. The molecule has 0 aliphatic carbocycles. The van der Waals surface area contributed by atoms with Crippen molar-refractivity contribution >= 4 is 10.1 Å². The Morgan fingerprint density at radius 3 is 2.13 bits per heavy atom. The van der Waals surface area contributed by atoms with Gasteiger partial charge in [0, 0.05) is 0 Å². The standard InChI is InChI=1S/C10H14O3S.H3N/c1-2-3-4-9-5-7-10(8-6-9)14(11,12)13;/h5-8H,2-4H2,1H3,(H,11,12,13);1H3. The van der Waals surface area contributed by atoms with Crippen molar-refractivity contribution in [1.29, 1.82) is 0 Å². The highest BCUT2D eigenvalue weighted by Crippen LogP contribution is 2.11. The largest absolute Gasteiger partial charge is 0.344 e. The molecule has 1 rings (SSSR count). The Labute approximate surface area is 90.7 Å². The summed E-state index contributed by atoms with van der Waals surface area (Å²) < 4.78 is 30.2. The second kappa shape index (κ2) is 5.85. The molecule has 1 aromatic rings. The van der Waals surface area contributed by atoms with Gasteiger partial charge in [-0.15, -0.1) is 0 Å². The molecule has 0 fully saturated rings. The smallest absolute Gasteiger partial charge is 0.294 e. The number of rotatable bonds is 4. The van der Waals surface area contributed by atoms with Gasteiger partial charge < -0.3 is 6.15 Å². The average Bonchev–Trinajstić information content (AvgIpc) is 2.14. The summed E-state index contributed by atoms with van der Waals surface area (Å²) in [5.41, 5.74) is 1.10. The normalized spacial score (nSPS) is 10.8. The van der Waals surface area contributed by atoms with Crippen LogP contribution in [0.4, 0.5) is 0 Å². The first-order valence-corrected chi connectivity index (χ1v) is 6.04. The lowest BCUT2D eigenvalue weighted by Crippen LogP contribution is -1.97. The van der Waals surface area contributed by atoms with Crippen LogP contribution in [-0.2, 0) is 16.5 Å². The van der Waals surface area contributed by atoms with Gasteiger partial charge in [0.05, 0.1) is 4.90 Å². The van der Waals surface area contributed by atoms with E-state index >= 15 is 0 Å². The third-order valence-electron chi connectivity index (χ3n) is 2.04. The summed E-state index contributed by atoms with van der Waals surface area (Å²) in [6.45, 7) is 2.10. The number of unbranched alkanes of at least 4 members (excludes halogenated alkanes) is 1. The monoisotopic (exact) mass is 231 g/mol. The van der Waals surface area contributed by atoms with Crippen molar-refractivity contribution in [3.8, 4) is 0 Å². The molecule has 4 nitrogen and oxygen atoms in total. The van der Waals surface area contributed by atoms with Crippen LogP contribution in [0, 0.1) is 0 Å². The zero-order valence-corrected chi connectivity index (χ0v) is 9.63. The van der Waals surface area contributed by atoms with Gasteiger partial charge in [-0.1, -0.05) is 25.5 Å². The van der Waals surface area contributed by atoms with Crippen molar-refractivity contribution in [2.45, 2.75) is 31.1 Å². The highest BCUT2D eigenvalue weighted by atomic mass is 32.2. The van der Waals surface area contributed by atoms with Crippen LogP contribution in [0.25, 0.3) is 0 Å². The van der Waals surface area contributed by atoms with Crippen molar-refractivity contribution in [1.82, 2.24) is 6.15 Å². The van der Waals surface area contributed by atoms with Crippen LogP contribution in [0.5, 0.6) is 0 Å². The SMILES string of the molecule is CCCCc1ccc(S(=O)(=O)O)cc1.N. The average molecular weight is 231 g/mol. The zero-order chi connectivity index (χ0) is 10.6. The first kappa shape index (κ1) is 14.1. The predicted molar refractivity (Wildman–Crippen MR) is 59.9 cm³/mol. The Hall–Kier alpha value is -0.910. The maximum absolute atomic E-state index is 10.7. The van der Waals surface area contributed by atoms with Crippen molar-refractivity contribution in [3.05, 3.63) is 29.8 Å². The summed E-state index contributed by atoms with van der Waals surface area (Å²) in [6, 6.07) is 6.33. The Morgan fingerprint density at radius 1 is 1.20 bits per heavy atom. The molecule has 0 saturated carbocycles. The minimum Gasteiger partial charge on any atom is -0.344 e. The number of aryl methyl sites for hydroxylation is 1. The molecule has 5 heteroatoms. The molecule has 15 heavy (non-hydrogen) atoms. The molecular formula is C10H17NO3S. The quantitative estimate of drug-likeness (QED) is 0.779. The van der Waals surface area contributed by atoms with Gasteiger partial charge in [0.15, 0.2) is 0 Å². The van der Waals surface area contributed by atoms with Crippen LogP contribution < -0.4 is 6.15 Å². The van der Waals surface area contributed by atoms with Crippen LogP contribution in [0.3, 0.4) is 0 Å². The number of benzene rings is 1. The lowest BCUT2D eigenvalue weighted by molar-refractivity contribution is 0.483. The van der Waals surface area contributed by atoms with Crippen molar-refractivity contribution in [2.24, 2.45) is 0 Å². The molecular weight excluding hydrogens is 214 g/mol. The Kier molecular flexibility index (Phi) is 5.49. The van der Waals surface area contributed by atoms with E-state index in [1.165, 1.54) is 12.1 Å². The lowest BCUT2D eigenvalue weighted by atomic mass is 10.1. The molecule has 0 unspecified atom stereocenters. The molecule has 0 saturated heterocycles. The maximum atomic E-state index is 10.7. The summed E-state index contributed by atoms with van der Waals surface area (Å²) in [6.07, 6.45) is 3.15. The van der Waals surface area contributed by atoms with Crippen LogP contribution >= 0.6 is 0 Å². The third-order valence-corrected chi connectivity index (χ3v) is 2.91. The minimum absolute atomic E-state index is 0. The highest BCUT2D eigenvalue weighted by Gasteiger charge is 2.07. The van der Waals surface area contributed by atoms with E-state index in [4.69, 9.17) is 4.55 Å². The van der Waals surface area contributed by atoms with Gasteiger partial charge in [-0.05, 0) is 30.5 Å². The summed E-state index contributed by atoms with van der Waals surface area (Å²) >= 11 is 0. The van der Waals surface area contributed by atoms with Gasteiger partial charge >= 0.3 is 0 Å². The Morgan fingerprint density at radius 2 is 1.73 bits per heavy atom. The minimum atomic E-state index is -4.04. The number of hydrogen-bond donors (Lipinski definition) is 2. The fourth-order valence-electron chi connectivity index (χ4n) is 1.21. The maximum Gasteiger partial charge on any atom is 0.294 e. The van der Waals surface area contributed by atoms with Crippen molar-refractivity contribution in [2.75, 3.05) is 0 Å². The molecule has 0 aromatic heterocycles. The van der Waals surface area contributed by atoms with E-state index in [9.17, 15) is 8.42 Å².